The molecule has 0 aliphatic heterocycles. The van der Waals surface area contributed by atoms with Gasteiger partial charge in [0.05, 0.1) is 12.0 Å². The van der Waals surface area contributed by atoms with Gasteiger partial charge in [0.1, 0.15) is 12.1 Å². The van der Waals surface area contributed by atoms with Gasteiger partial charge in [-0.3, -0.25) is 9.59 Å². The Morgan fingerprint density at radius 2 is 2.27 bits per heavy atom. The minimum atomic E-state index is -0.575. The molecule has 0 fully saturated rings. The van der Waals surface area contributed by atoms with Gasteiger partial charge >= 0.3 is 0 Å². The Morgan fingerprint density at radius 3 is 2.87 bits per heavy atom. The fourth-order valence-corrected chi connectivity index (χ4v) is 0.939. The van der Waals surface area contributed by atoms with Crippen LogP contribution in [0.3, 0.4) is 0 Å². The highest BCUT2D eigenvalue weighted by atomic mass is 19.1. The van der Waals surface area contributed by atoms with Gasteiger partial charge in [-0.2, -0.15) is 0 Å². The third-order valence-corrected chi connectivity index (χ3v) is 1.61. The van der Waals surface area contributed by atoms with Gasteiger partial charge in [-0.05, 0) is 18.2 Å². The van der Waals surface area contributed by atoms with Crippen LogP contribution in [-0.4, -0.2) is 12.2 Å². The highest BCUT2D eigenvalue weighted by Crippen LogP contribution is 2.07. The van der Waals surface area contributed by atoms with Crippen LogP contribution in [0.1, 0.15) is 22.3 Å². The van der Waals surface area contributed by atoms with Crippen LogP contribution < -0.4 is 5.73 Å². The number of benzene rings is 1. The third-order valence-electron chi connectivity index (χ3n) is 1.61. The Labute approximate surface area is 86.1 Å². The molecule has 2 N–H and O–H groups in total. The van der Waals surface area contributed by atoms with Gasteiger partial charge in [-0.25, -0.2) is 4.39 Å². The largest absolute Gasteiger partial charge is 0.369 e. The average molecular weight is 205 g/mol. The maximum atomic E-state index is 13.1. The molecule has 0 saturated heterocycles. The van der Waals surface area contributed by atoms with Crippen LogP contribution in [0.15, 0.2) is 18.2 Å². The molecule has 0 unspecified atom stereocenters. The van der Waals surface area contributed by atoms with Crippen LogP contribution in [0.2, 0.25) is 0 Å². The molecule has 1 rings (SSSR count). The molecule has 1 aromatic rings. The van der Waals surface area contributed by atoms with E-state index in [9.17, 15) is 14.0 Å². The summed E-state index contributed by atoms with van der Waals surface area (Å²) in [4.78, 5) is 20.8. The molecule has 0 saturated carbocycles. The van der Waals surface area contributed by atoms with E-state index in [1.807, 2.05) is 0 Å². The van der Waals surface area contributed by atoms with Crippen molar-refractivity contribution < 1.29 is 14.0 Å². The number of hydrogen-bond acceptors (Lipinski definition) is 2. The van der Waals surface area contributed by atoms with Crippen molar-refractivity contribution in [3.8, 4) is 11.8 Å². The van der Waals surface area contributed by atoms with Gasteiger partial charge in [0.2, 0.25) is 5.91 Å². The van der Waals surface area contributed by atoms with Crippen LogP contribution in [0.25, 0.3) is 0 Å². The van der Waals surface area contributed by atoms with Crippen LogP contribution >= 0.6 is 0 Å². The van der Waals surface area contributed by atoms with E-state index >= 15 is 0 Å². The molecule has 1 aromatic carbocycles. The van der Waals surface area contributed by atoms with Crippen LogP contribution in [0.4, 0.5) is 4.39 Å². The van der Waals surface area contributed by atoms with Gasteiger partial charge in [-0.1, -0.05) is 11.8 Å². The normalized spacial score (nSPS) is 8.87. The maximum Gasteiger partial charge on any atom is 0.229 e. The SMILES string of the molecule is NC(=O)CC#Cc1cc(C=O)ccc1F. The number of hydrogen-bond donors (Lipinski definition) is 1. The lowest BCUT2D eigenvalue weighted by Gasteiger charge is -1.94. The van der Waals surface area contributed by atoms with E-state index in [0.717, 1.165) is 6.07 Å². The lowest BCUT2D eigenvalue weighted by molar-refractivity contribution is -0.117. The average Bonchev–Trinajstić information content (AvgIpc) is 2.20. The Balaban J connectivity index is 2.95. The Hall–Kier alpha value is -2.15. The quantitative estimate of drug-likeness (QED) is 0.575. The fourth-order valence-electron chi connectivity index (χ4n) is 0.939. The monoisotopic (exact) mass is 205 g/mol. The fraction of sp³-hybridized carbons (Fsp3) is 0.0909. The zero-order valence-electron chi connectivity index (χ0n) is 7.79. The molecule has 0 radical (unpaired) electrons. The number of aldehydes is 1. The first kappa shape index (κ1) is 10.9. The van der Waals surface area contributed by atoms with Crippen LogP contribution in [-0.2, 0) is 4.79 Å². The van der Waals surface area contributed by atoms with Crippen molar-refractivity contribution in [1.82, 2.24) is 0 Å². The number of primary amides is 1. The predicted octanol–water partition coefficient (Wildman–Crippen LogP) is 0.865. The van der Waals surface area contributed by atoms with Crippen LogP contribution in [0.5, 0.6) is 0 Å². The molecule has 0 bridgehead atoms. The predicted molar refractivity (Wildman–Crippen MR) is 52.5 cm³/mol. The first-order valence-electron chi connectivity index (χ1n) is 4.15. The topological polar surface area (TPSA) is 60.2 Å². The molecule has 0 spiro atoms. The second-order valence-electron chi connectivity index (χ2n) is 2.80. The van der Waals surface area contributed by atoms with Crippen LogP contribution in [0, 0.1) is 17.7 Å². The first-order valence-corrected chi connectivity index (χ1v) is 4.15. The van der Waals surface area contributed by atoms with Crippen molar-refractivity contribution in [2.24, 2.45) is 5.73 Å². The summed E-state index contributed by atoms with van der Waals surface area (Å²) in [5, 5.41) is 0. The molecule has 3 nitrogen and oxygen atoms in total. The van der Waals surface area contributed by atoms with Gasteiger partial charge < -0.3 is 5.73 Å². The van der Waals surface area contributed by atoms with Gasteiger partial charge in [-0.15, -0.1) is 0 Å². The third kappa shape index (κ3) is 3.24. The first-order chi connectivity index (χ1) is 7.13. The summed E-state index contributed by atoms with van der Waals surface area (Å²) >= 11 is 0. The lowest BCUT2D eigenvalue weighted by Crippen LogP contribution is -2.08. The molecule has 76 valence electrons. The smallest absolute Gasteiger partial charge is 0.229 e. The molecular weight excluding hydrogens is 197 g/mol. The van der Waals surface area contributed by atoms with Crippen molar-refractivity contribution in [2.45, 2.75) is 6.42 Å². The van der Waals surface area contributed by atoms with E-state index in [2.05, 4.69) is 11.8 Å². The van der Waals surface area contributed by atoms with E-state index in [4.69, 9.17) is 5.73 Å². The van der Waals surface area contributed by atoms with E-state index < -0.39 is 11.7 Å². The minimum absolute atomic E-state index is 0.0841. The van der Waals surface area contributed by atoms with Crippen molar-refractivity contribution in [3.05, 3.63) is 35.1 Å². The Bertz CT molecular complexity index is 457. The second-order valence-corrected chi connectivity index (χ2v) is 2.80. The summed E-state index contributed by atoms with van der Waals surface area (Å²) < 4.78 is 13.1. The number of nitrogens with two attached hydrogens (primary N) is 1. The van der Waals surface area contributed by atoms with Gasteiger partial charge in [0, 0.05) is 5.56 Å². The summed E-state index contributed by atoms with van der Waals surface area (Å²) in [6.07, 6.45) is 0.462. The van der Waals surface area contributed by atoms with E-state index in [1.54, 1.807) is 0 Å². The van der Waals surface area contributed by atoms with Crippen molar-refractivity contribution in [1.29, 1.82) is 0 Å². The lowest BCUT2D eigenvalue weighted by atomic mass is 10.1. The molecule has 15 heavy (non-hydrogen) atoms. The number of rotatable bonds is 2. The zero-order chi connectivity index (χ0) is 11.3. The van der Waals surface area contributed by atoms with Crippen molar-refractivity contribution in [3.63, 3.8) is 0 Å². The summed E-state index contributed by atoms with van der Waals surface area (Å²) in [5.74, 6) is 3.74. The number of amides is 1. The molecule has 0 aliphatic carbocycles. The van der Waals surface area contributed by atoms with E-state index in [0.29, 0.717) is 11.8 Å². The molecule has 4 heteroatoms. The second kappa shape index (κ2) is 4.91. The number of carbonyl (C=O) groups is 2. The highest BCUT2D eigenvalue weighted by Gasteiger charge is 1.99. The zero-order valence-corrected chi connectivity index (χ0v) is 7.79. The minimum Gasteiger partial charge on any atom is -0.369 e. The van der Waals surface area contributed by atoms with E-state index in [1.165, 1.54) is 12.1 Å². The maximum absolute atomic E-state index is 13.1. The highest BCUT2D eigenvalue weighted by molar-refractivity contribution is 5.77. The van der Waals surface area contributed by atoms with Gasteiger partial charge in [0.25, 0.3) is 0 Å². The van der Waals surface area contributed by atoms with E-state index in [-0.39, 0.29) is 12.0 Å². The summed E-state index contributed by atoms with van der Waals surface area (Å²) in [6.45, 7) is 0. The summed E-state index contributed by atoms with van der Waals surface area (Å²) in [6, 6.07) is 3.82. The molecule has 1 amide bonds. The molecular formula is C11H8FNO2. The van der Waals surface area contributed by atoms with Crippen molar-refractivity contribution in [2.75, 3.05) is 0 Å². The summed E-state index contributed by atoms with van der Waals surface area (Å²) in [5.41, 5.74) is 5.28. The molecule has 0 aromatic heterocycles. The van der Waals surface area contributed by atoms with Gasteiger partial charge in [0.15, 0.2) is 0 Å². The van der Waals surface area contributed by atoms with Crippen molar-refractivity contribution >= 4 is 12.2 Å². The summed E-state index contributed by atoms with van der Waals surface area (Å²) in [7, 11) is 0. The molecule has 0 aliphatic rings. The number of carbonyl (C=O) groups excluding carboxylic acids is 2. The standard InChI is InChI=1S/C11H8FNO2/c12-10-5-4-8(7-14)6-9(10)2-1-3-11(13)15/h4-7H,3H2,(H2,13,15). The molecule has 0 atom stereocenters. The number of halogens is 1. The Morgan fingerprint density at radius 1 is 1.53 bits per heavy atom. The molecule has 0 heterocycles. The Kier molecular flexibility index (Phi) is 3.58.